The summed E-state index contributed by atoms with van der Waals surface area (Å²) in [5.74, 6) is 0.534. The molecule has 0 bridgehead atoms. The fourth-order valence-electron chi connectivity index (χ4n) is 1.95. The number of aromatic amines is 1. The van der Waals surface area contributed by atoms with E-state index in [-0.39, 0.29) is 5.03 Å². The fraction of sp³-hybridized carbons (Fsp3) is 0.545. The van der Waals surface area contributed by atoms with Crippen molar-refractivity contribution in [3.63, 3.8) is 0 Å². The van der Waals surface area contributed by atoms with Crippen LogP contribution in [-0.4, -0.2) is 39.9 Å². The summed E-state index contributed by atoms with van der Waals surface area (Å²) in [4.78, 5) is 0. The minimum Gasteiger partial charge on any atom is -0.319 e. The van der Waals surface area contributed by atoms with Crippen molar-refractivity contribution in [2.24, 2.45) is 7.05 Å². The van der Waals surface area contributed by atoms with Crippen LogP contribution in [0.2, 0.25) is 0 Å². The summed E-state index contributed by atoms with van der Waals surface area (Å²) in [6.07, 6.45) is 3.02. The molecule has 10 heteroatoms. The van der Waals surface area contributed by atoms with Crippen LogP contribution in [0.15, 0.2) is 17.6 Å². The molecule has 2 aromatic rings. The van der Waals surface area contributed by atoms with Gasteiger partial charge in [-0.15, -0.1) is 10.2 Å². The lowest BCUT2D eigenvalue weighted by Crippen LogP contribution is -2.30. The van der Waals surface area contributed by atoms with Crippen molar-refractivity contribution >= 4 is 10.0 Å². The molecule has 0 aromatic carbocycles. The first-order chi connectivity index (χ1) is 9.95. The van der Waals surface area contributed by atoms with Crippen molar-refractivity contribution in [3.8, 4) is 0 Å². The quantitative estimate of drug-likeness (QED) is 0.645. The average Bonchev–Trinajstić information content (AvgIpc) is 3.04. The van der Waals surface area contributed by atoms with Crippen LogP contribution in [0.3, 0.4) is 0 Å². The molecule has 0 radical (unpaired) electrons. The lowest BCUT2D eigenvalue weighted by atomic mass is 10.3. The number of sulfonamides is 1. The predicted octanol–water partition coefficient (Wildman–Crippen LogP) is -0.313. The molecule has 0 aliphatic heterocycles. The average molecular weight is 313 g/mol. The van der Waals surface area contributed by atoms with Crippen LogP contribution in [-0.2, 0) is 23.6 Å². The Morgan fingerprint density at radius 1 is 1.48 bits per heavy atom. The summed E-state index contributed by atoms with van der Waals surface area (Å²) < 4.78 is 29.1. The molecule has 0 amide bonds. The SMILES string of the molecule is CCNCc1cn[nH]c1S(=O)(=O)NC(C)c1nncn1C. The minimum absolute atomic E-state index is 0.0671. The number of nitrogens with zero attached hydrogens (tertiary/aromatic N) is 4. The highest BCUT2D eigenvalue weighted by atomic mass is 32.2. The zero-order chi connectivity index (χ0) is 15.5. The maximum atomic E-state index is 12.4. The Kier molecular flexibility index (Phi) is 4.70. The molecule has 2 rings (SSSR count). The Labute approximate surface area is 123 Å². The van der Waals surface area contributed by atoms with Crippen molar-refractivity contribution in [3.05, 3.63) is 23.9 Å². The van der Waals surface area contributed by atoms with Gasteiger partial charge in [0.1, 0.15) is 12.2 Å². The molecule has 0 aliphatic carbocycles. The maximum absolute atomic E-state index is 12.4. The molecule has 21 heavy (non-hydrogen) atoms. The third-order valence-corrected chi connectivity index (χ3v) is 4.53. The summed E-state index contributed by atoms with van der Waals surface area (Å²) in [5.41, 5.74) is 0.592. The Balaban J connectivity index is 2.19. The Morgan fingerprint density at radius 3 is 2.86 bits per heavy atom. The van der Waals surface area contributed by atoms with E-state index in [0.29, 0.717) is 17.9 Å². The second kappa shape index (κ2) is 6.33. The van der Waals surface area contributed by atoms with E-state index in [1.54, 1.807) is 18.5 Å². The van der Waals surface area contributed by atoms with Gasteiger partial charge in [0.15, 0.2) is 5.03 Å². The number of aromatic nitrogens is 5. The normalized spacial score (nSPS) is 13.5. The molecule has 2 heterocycles. The van der Waals surface area contributed by atoms with Gasteiger partial charge in [-0.1, -0.05) is 6.92 Å². The summed E-state index contributed by atoms with van der Waals surface area (Å²) in [6, 6.07) is -0.502. The summed E-state index contributed by atoms with van der Waals surface area (Å²) in [7, 11) is -1.95. The smallest absolute Gasteiger partial charge is 0.258 e. The van der Waals surface area contributed by atoms with E-state index in [1.807, 2.05) is 6.92 Å². The van der Waals surface area contributed by atoms with Crippen LogP contribution in [0.25, 0.3) is 0 Å². The molecule has 0 saturated heterocycles. The lowest BCUT2D eigenvalue weighted by molar-refractivity contribution is 0.547. The fourth-order valence-corrected chi connectivity index (χ4v) is 3.28. The van der Waals surface area contributed by atoms with Crippen molar-refractivity contribution < 1.29 is 8.42 Å². The highest BCUT2D eigenvalue weighted by molar-refractivity contribution is 7.89. The molecule has 2 aromatic heterocycles. The van der Waals surface area contributed by atoms with Crippen LogP contribution >= 0.6 is 0 Å². The number of rotatable bonds is 7. The van der Waals surface area contributed by atoms with Crippen LogP contribution in [0.4, 0.5) is 0 Å². The van der Waals surface area contributed by atoms with E-state index in [9.17, 15) is 8.42 Å². The van der Waals surface area contributed by atoms with E-state index in [2.05, 4.69) is 30.4 Å². The first kappa shape index (κ1) is 15.6. The molecule has 1 unspecified atom stereocenters. The molecular weight excluding hydrogens is 294 g/mol. The van der Waals surface area contributed by atoms with E-state index in [1.165, 1.54) is 12.5 Å². The topological polar surface area (TPSA) is 118 Å². The summed E-state index contributed by atoms with van der Waals surface area (Å²) >= 11 is 0. The van der Waals surface area contributed by atoms with Crippen LogP contribution in [0.1, 0.15) is 31.3 Å². The van der Waals surface area contributed by atoms with Gasteiger partial charge in [-0.05, 0) is 13.5 Å². The number of H-pyrrole nitrogens is 1. The Morgan fingerprint density at radius 2 is 2.24 bits per heavy atom. The summed E-state index contributed by atoms with van der Waals surface area (Å²) in [5, 5.41) is 17.1. The maximum Gasteiger partial charge on any atom is 0.258 e. The van der Waals surface area contributed by atoms with Crippen molar-refractivity contribution in [2.75, 3.05) is 6.54 Å². The number of hydrogen-bond acceptors (Lipinski definition) is 6. The van der Waals surface area contributed by atoms with Gasteiger partial charge in [0, 0.05) is 19.2 Å². The molecule has 116 valence electrons. The molecule has 1 atom stereocenters. The number of hydrogen-bond donors (Lipinski definition) is 3. The van der Waals surface area contributed by atoms with E-state index in [4.69, 9.17) is 0 Å². The first-order valence-electron chi connectivity index (χ1n) is 6.55. The van der Waals surface area contributed by atoms with Crippen LogP contribution in [0.5, 0.6) is 0 Å². The molecule has 9 nitrogen and oxygen atoms in total. The largest absolute Gasteiger partial charge is 0.319 e. The minimum atomic E-state index is -3.71. The second-order valence-corrected chi connectivity index (χ2v) is 6.30. The predicted molar refractivity (Wildman–Crippen MR) is 75.7 cm³/mol. The van der Waals surface area contributed by atoms with Crippen LogP contribution in [0, 0.1) is 0 Å². The summed E-state index contributed by atoms with van der Waals surface area (Å²) in [6.45, 7) is 4.83. The monoisotopic (exact) mass is 313 g/mol. The van der Waals surface area contributed by atoms with E-state index < -0.39 is 16.1 Å². The molecule has 0 aliphatic rings. The Hall–Kier alpha value is -1.78. The first-order valence-corrected chi connectivity index (χ1v) is 8.03. The zero-order valence-electron chi connectivity index (χ0n) is 12.2. The van der Waals surface area contributed by atoms with Crippen molar-refractivity contribution in [1.82, 2.24) is 35.0 Å². The lowest BCUT2D eigenvalue weighted by Gasteiger charge is -2.13. The van der Waals surface area contributed by atoms with Gasteiger partial charge in [-0.3, -0.25) is 5.10 Å². The second-order valence-electron chi connectivity index (χ2n) is 4.65. The van der Waals surface area contributed by atoms with Crippen LogP contribution < -0.4 is 10.0 Å². The standard InChI is InChI=1S/C11H19N7O2S/c1-4-12-5-9-6-13-16-11(9)21(19,20)17-8(2)10-15-14-7-18(10)3/h6-8,12,17H,4-5H2,1-3H3,(H,13,16). The highest BCUT2D eigenvalue weighted by Gasteiger charge is 2.25. The number of nitrogens with one attached hydrogen (secondary N) is 3. The molecule has 3 N–H and O–H groups in total. The van der Waals surface area contributed by atoms with E-state index >= 15 is 0 Å². The van der Waals surface area contributed by atoms with E-state index in [0.717, 1.165) is 6.54 Å². The highest BCUT2D eigenvalue weighted by Crippen LogP contribution is 2.16. The third kappa shape index (κ3) is 3.46. The van der Waals surface area contributed by atoms with Gasteiger partial charge in [-0.25, -0.2) is 8.42 Å². The van der Waals surface area contributed by atoms with Gasteiger partial charge in [0.05, 0.1) is 12.2 Å². The number of aryl methyl sites for hydroxylation is 1. The molecular formula is C11H19N7O2S. The van der Waals surface area contributed by atoms with Gasteiger partial charge < -0.3 is 9.88 Å². The van der Waals surface area contributed by atoms with Gasteiger partial charge in [0.25, 0.3) is 10.0 Å². The zero-order valence-corrected chi connectivity index (χ0v) is 13.0. The third-order valence-electron chi connectivity index (χ3n) is 2.98. The molecule has 0 saturated carbocycles. The molecule has 0 fully saturated rings. The van der Waals surface area contributed by atoms with Crippen molar-refractivity contribution in [1.29, 1.82) is 0 Å². The molecule has 0 spiro atoms. The Bertz CT molecular complexity index is 691. The van der Waals surface area contributed by atoms with Gasteiger partial charge >= 0.3 is 0 Å². The van der Waals surface area contributed by atoms with Gasteiger partial charge in [0.2, 0.25) is 0 Å². The van der Waals surface area contributed by atoms with Crippen molar-refractivity contribution in [2.45, 2.75) is 31.5 Å². The van der Waals surface area contributed by atoms with Gasteiger partial charge in [-0.2, -0.15) is 9.82 Å².